The Labute approximate surface area is 270 Å². The lowest BCUT2D eigenvalue weighted by atomic mass is 9.90. The first kappa shape index (κ1) is 31.9. The number of nitrogens with zero attached hydrogens (tertiary/aromatic N) is 3. The second-order valence-corrected chi connectivity index (χ2v) is 11.6. The third kappa shape index (κ3) is 5.96. The molecule has 5 rings (SSSR count). The molecule has 0 saturated carbocycles. The lowest BCUT2D eigenvalue weighted by Crippen LogP contribution is -2.43. The summed E-state index contributed by atoms with van der Waals surface area (Å²) in [6.07, 6.45) is 7.12. The van der Waals surface area contributed by atoms with Crippen LogP contribution < -0.4 is 29.1 Å². The molecule has 1 aliphatic heterocycles. The summed E-state index contributed by atoms with van der Waals surface area (Å²) in [4.78, 5) is 35.6. The van der Waals surface area contributed by atoms with Gasteiger partial charge in [0.2, 0.25) is 0 Å². The van der Waals surface area contributed by atoms with Crippen molar-refractivity contribution < 1.29 is 19.0 Å². The number of ether oxygens (including phenoxy) is 3. The number of likely N-dealkylation sites (N-methyl/N-ethyl adjacent to an activating group) is 1. The predicted octanol–water partition coefficient (Wildman–Crippen LogP) is 5.33. The Kier molecular flexibility index (Phi) is 9.66. The molecule has 0 unspecified atom stereocenters. The largest absolute Gasteiger partial charge is 0.496 e. The van der Waals surface area contributed by atoms with Crippen molar-refractivity contribution in [3.05, 3.63) is 95.6 Å². The van der Waals surface area contributed by atoms with E-state index in [2.05, 4.69) is 5.92 Å². The molecule has 232 valence electrons. The van der Waals surface area contributed by atoms with Gasteiger partial charge in [-0.25, -0.2) is 4.99 Å². The Bertz CT molecular complexity index is 2030. The number of amides is 1. The van der Waals surface area contributed by atoms with E-state index in [1.165, 1.54) is 11.3 Å². The predicted molar refractivity (Wildman–Crippen MR) is 179 cm³/mol. The highest BCUT2D eigenvalue weighted by Gasteiger charge is 2.36. The van der Waals surface area contributed by atoms with Crippen LogP contribution in [0.5, 0.6) is 17.2 Å². The van der Waals surface area contributed by atoms with Gasteiger partial charge in [0.1, 0.15) is 18.4 Å². The van der Waals surface area contributed by atoms with E-state index in [1.54, 1.807) is 34.8 Å². The van der Waals surface area contributed by atoms with Crippen LogP contribution in [0, 0.1) is 12.3 Å². The Balaban J connectivity index is 1.79. The van der Waals surface area contributed by atoms with E-state index in [9.17, 15) is 9.59 Å². The fourth-order valence-electron chi connectivity index (χ4n) is 5.62. The highest BCUT2D eigenvalue weighted by molar-refractivity contribution is 7.07. The van der Waals surface area contributed by atoms with E-state index in [0.29, 0.717) is 68.1 Å². The third-order valence-corrected chi connectivity index (χ3v) is 8.92. The molecule has 0 saturated heterocycles. The normalized spacial score (nSPS) is 14.5. The van der Waals surface area contributed by atoms with Crippen molar-refractivity contribution in [1.82, 2.24) is 9.47 Å². The number of rotatable bonds is 10. The van der Waals surface area contributed by atoms with E-state index < -0.39 is 6.04 Å². The van der Waals surface area contributed by atoms with Crippen LogP contribution in [0.1, 0.15) is 44.9 Å². The van der Waals surface area contributed by atoms with Crippen molar-refractivity contribution in [2.45, 2.75) is 33.7 Å². The van der Waals surface area contributed by atoms with Crippen molar-refractivity contribution >= 4 is 45.7 Å². The number of methoxy groups -OCH3 is 1. The second kappa shape index (κ2) is 13.6. The number of terminal acetylenes is 1. The molecule has 2 heterocycles. The number of halogens is 1. The summed E-state index contributed by atoms with van der Waals surface area (Å²) in [5.41, 5.74) is 2.05. The summed E-state index contributed by atoms with van der Waals surface area (Å²) in [6, 6.07) is 14.4. The molecular weight excluding hydrogens is 610 g/mol. The maximum atomic E-state index is 14.4. The number of hydrogen-bond acceptors (Lipinski definition) is 7. The molecule has 45 heavy (non-hydrogen) atoms. The number of hydrogen-bond donors (Lipinski definition) is 0. The number of allylic oxidation sites excluding steroid dienone is 1. The minimum Gasteiger partial charge on any atom is -0.496 e. The molecule has 0 fully saturated rings. The average molecular weight is 644 g/mol. The Morgan fingerprint density at radius 3 is 2.58 bits per heavy atom. The Morgan fingerprint density at radius 2 is 1.89 bits per heavy atom. The fourth-order valence-corrected chi connectivity index (χ4v) is 6.94. The zero-order valence-electron chi connectivity index (χ0n) is 25.8. The minimum absolute atomic E-state index is 0.0310. The third-order valence-electron chi connectivity index (χ3n) is 7.66. The molecule has 0 aliphatic carbocycles. The van der Waals surface area contributed by atoms with Crippen molar-refractivity contribution in [3.8, 4) is 29.6 Å². The van der Waals surface area contributed by atoms with Gasteiger partial charge in [-0.05, 0) is 68.3 Å². The lowest BCUT2D eigenvalue weighted by Gasteiger charge is -2.30. The zero-order valence-corrected chi connectivity index (χ0v) is 27.4. The summed E-state index contributed by atoms with van der Waals surface area (Å²) in [6.45, 7) is 8.98. The number of fused-ring (bicyclic) bond motifs is 2. The van der Waals surface area contributed by atoms with Gasteiger partial charge in [-0.3, -0.25) is 14.2 Å². The van der Waals surface area contributed by atoms with E-state index >= 15 is 0 Å². The maximum Gasteiger partial charge on any atom is 0.271 e. The zero-order chi connectivity index (χ0) is 32.2. The van der Waals surface area contributed by atoms with Gasteiger partial charge in [-0.2, -0.15) is 0 Å². The molecular formula is C35H34ClN3O5S. The van der Waals surface area contributed by atoms with Gasteiger partial charge in [-0.1, -0.05) is 59.2 Å². The van der Waals surface area contributed by atoms with Crippen LogP contribution in [0.4, 0.5) is 0 Å². The summed E-state index contributed by atoms with van der Waals surface area (Å²) >= 11 is 7.82. The summed E-state index contributed by atoms with van der Waals surface area (Å²) in [7, 11) is 1.59. The second-order valence-electron chi connectivity index (χ2n) is 10.2. The molecule has 0 radical (unpaired) electrons. The molecule has 1 atom stereocenters. The summed E-state index contributed by atoms with van der Waals surface area (Å²) < 4.78 is 19.3. The standard InChI is InChI=1S/C35H34ClN3O5S/c1-7-17-44-32-25(36)18-22(19-27(32)43-10-4)20-28-33(40)39-31(30-24-14-12-11-13-23(24)15-16-26(30)42-6)29(21(5)37-35(39)45-28)34(41)38(8-2)9-3/h1,11-16,18-20,31H,8-10,17H2,2-6H3/b28-20+/t31-/m0/s1. The quantitative estimate of drug-likeness (QED) is 0.218. The highest BCUT2D eigenvalue weighted by Crippen LogP contribution is 2.41. The van der Waals surface area contributed by atoms with Crippen LogP contribution in [0.2, 0.25) is 5.02 Å². The minimum atomic E-state index is -0.778. The fraction of sp³-hybridized carbons (Fsp3) is 0.286. The summed E-state index contributed by atoms with van der Waals surface area (Å²) in [5.74, 6) is 3.59. The molecule has 1 amide bonds. The van der Waals surface area contributed by atoms with Crippen molar-refractivity contribution in [1.29, 1.82) is 0 Å². The molecule has 1 aromatic heterocycles. The number of carbonyl (C=O) groups excluding carboxylic acids is 1. The smallest absolute Gasteiger partial charge is 0.271 e. The molecule has 3 aromatic carbocycles. The van der Waals surface area contributed by atoms with Gasteiger partial charge < -0.3 is 19.1 Å². The molecule has 0 bridgehead atoms. The molecule has 8 nitrogen and oxygen atoms in total. The highest BCUT2D eigenvalue weighted by atomic mass is 35.5. The van der Waals surface area contributed by atoms with Gasteiger partial charge in [-0.15, -0.1) is 6.42 Å². The maximum absolute atomic E-state index is 14.4. The van der Waals surface area contributed by atoms with Crippen LogP contribution >= 0.6 is 22.9 Å². The number of aromatic nitrogens is 1. The first-order chi connectivity index (χ1) is 21.8. The topological polar surface area (TPSA) is 82.4 Å². The van der Waals surface area contributed by atoms with E-state index in [1.807, 2.05) is 64.1 Å². The van der Waals surface area contributed by atoms with E-state index in [-0.39, 0.29) is 18.1 Å². The van der Waals surface area contributed by atoms with Crippen LogP contribution in [0.3, 0.4) is 0 Å². The van der Waals surface area contributed by atoms with Gasteiger partial charge in [0, 0.05) is 18.7 Å². The van der Waals surface area contributed by atoms with Crippen molar-refractivity contribution in [3.63, 3.8) is 0 Å². The number of carbonyl (C=O) groups is 1. The molecule has 10 heteroatoms. The Morgan fingerprint density at radius 1 is 1.13 bits per heavy atom. The average Bonchev–Trinajstić information content (AvgIpc) is 3.33. The molecule has 4 aromatic rings. The monoisotopic (exact) mass is 643 g/mol. The Hall–Kier alpha value is -4.52. The SMILES string of the molecule is C#CCOc1c(Cl)cc(/C=c2/sc3n(c2=O)[C@H](c2c(OC)ccc4ccccc24)C(C(=O)N(CC)CC)=C(C)N=3)cc1OCC. The first-order valence-electron chi connectivity index (χ1n) is 14.7. The molecule has 0 N–H and O–H groups in total. The first-order valence-corrected chi connectivity index (χ1v) is 15.9. The molecule has 1 aliphatic rings. The van der Waals surface area contributed by atoms with E-state index in [0.717, 1.165) is 16.3 Å². The summed E-state index contributed by atoms with van der Waals surface area (Å²) in [5, 5.41) is 2.15. The van der Waals surface area contributed by atoms with Crippen LogP contribution in [-0.4, -0.2) is 48.8 Å². The van der Waals surface area contributed by atoms with Gasteiger partial charge in [0.05, 0.1) is 34.5 Å². The van der Waals surface area contributed by atoms with Crippen molar-refractivity contribution in [2.75, 3.05) is 33.4 Å². The van der Waals surface area contributed by atoms with Gasteiger partial charge in [0.15, 0.2) is 16.3 Å². The van der Waals surface area contributed by atoms with Crippen molar-refractivity contribution in [2.24, 2.45) is 4.99 Å². The lowest BCUT2D eigenvalue weighted by molar-refractivity contribution is -0.127. The van der Waals surface area contributed by atoms with Crippen LogP contribution in [0.25, 0.3) is 16.8 Å². The number of thiazole rings is 1. The van der Waals surface area contributed by atoms with Gasteiger partial charge in [0.25, 0.3) is 11.5 Å². The van der Waals surface area contributed by atoms with Crippen LogP contribution in [0.15, 0.2) is 69.6 Å². The molecule has 0 spiro atoms. The van der Waals surface area contributed by atoms with Gasteiger partial charge >= 0.3 is 0 Å². The van der Waals surface area contributed by atoms with E-state index in [4.69, 9.17) is 37.2 Å². The number of benzene rings is 3. The van der Waals surface area contributed by atoms with Crippen LogP contribution in [-0.2, 0) is 4.79 Å².